The van der Waals surface area contributed by atoms with E-state index in [9.17, 15) is 10.1 Å². The lowest BCUT2D eigenvalue weighted by molar-refractivity contribution is -0.130. The van der Waals surface area contributed by atoms with Gasteiger partial charge in [0.2, 0.25) is 0 Å². The molecule has 0 bridgehead atoms. The Kier molecular flexibility index (Phi) is 7.26. The largest absolute Gasteiger partial charge is 0.490 e. The van der Waals surface area contributed by atoms with E-state index in [0.29, 0.717) is 56.6 Å². The molecule has 0 radical (unpaired) electrons. The zero-order valence-corrected chi connectivity index (χ0v) is 16.5. The minimum atomic E-state index is -0.279. The van der Waals surface area contributed by atoms with Gasteiger partial charge in [-0.05, 0) is 36.3 Å². The Bertz CT molecular complexity index is 897. The van der Waals surface area contributed by atoms with Crippen molar-refractivity contribution < 1.29 is 19.0 Å². The van der Waals surface area contributed by atoms with Gasteiger partial charge in [-0.1, -0.05) is 36.4 Å². The van der Waals surface area contributed by atoms with E-state index in [0.717, 1.165) is 5.56 Å². The molecule has 1 heterocycles. The molecule has 6 heteroatoms. The first kappa shape index (κ1) is 20.4. The summed E-state index contributed by atoms with van der Waals surface area (Å²) in [6, 6.07) is 17.3. The fourth-order valence-corrected chi connectivity index (χ4v) is 2.98. The minimum absolute atomic E-state index is 0.0901. The zero-order valence-electron chi connectivity index (χ0n) is 16.5. The third-order valence-electron chi connectivity index (χ3n) is 4.46. The number of benzene rings is 2. The molecule has 0 aliphatic carbocycles. The second-order valence-electron chi connectivity index (χ2n) is 6.49. The van der Waals surface area contributed by atoms with Crippen LogP contribution in [0.3, 0.4) is 0 Å². The van der Waals surface area contributed by atoms with E-state index in [1.165, 1.54) is 0 Å². The maximum absolute atomic E-state index is 12.6. The maximum Gasteiger partial charge on any atom is 0.264 e. The molecule has 1 amide bonds. The summed E-state index contributed by atoms with van der Waals surface area (Å²) < 4.78 is 16.9. The Morgan fingerprint density at radius 1 is 1.14 bits per heavy atom. The molecule has 3 rings (SSSR count). The molecular weight excluding hydrogens is 368 g/mol. The van der Waals surface area contributed by atoms with Crippen molar-refractivity contribution >= 4 is 12.0 Å². The summed E-state index contributed by atoms with van der Waals surface area (Å²) in [6.45, 7) is 4.77. The molecule has 1 saturated heterocycles. The molecule has 0 atom stereocenters. The fourth-order valence-electron chi connectivity index (χ4n) is 2.98. The van der Waals surface area contributed by atoms with Crippen LogP contribution in [0.25, 0.3) is 6.08 Å². The summed E-state index contributed by atoms with van der Waals surface area (Å²) in [5, 5.41) is 9.47. The molecule has 0 N–H and O–H groups in total. The van der Waals surface area contributed by atoms with Crippen molar-refractivity contribution in [3.8, 4) is 17.6 Å². The van der Waals surface area contributed by atoms with Crippen LogP contribution in [0.1, 0.15) is 18.1 Å². The quantitative estimate of drug-likeness (QED) is 0.533. The Morgan fingerprint density at radius 2 is 1.90 bits per heavy atom. The highest BCUT2D eigenvalue weighted by Gasteiger charge is 2.20. The van der Waals surface area contributed by atoms with Crippen LogP contribution in [0.2, 0.25) is 0 Å². The zero-order chi connectivity index (χ0) is 20.5. The SMILES string of the molecule is CCOc1cc(/C=C(\C#N)C(=O)N2CCOCC2)ccc1OCc1ccccc1. The molecule has 0 unspecified atom stereocenters. The molecule has 0 spiro atoms. The second-order valence-corrected chi connectivity index (χ2v) is 6.49. The van der Waals surface area contributed by atoms with Crippen molar-refractivity contribution in [2.24, 2.45) is 0 Å². The third kappa shape index (κ3) is 5.59. The fraction of sp³-hybridized carbons (Fsp3) is 0.304. The highest BCUT2D eigenvalue weighted by molar-refractivity contribution is 6.01. The summed E-state index contributed by atoms with van der Waals surface area (Å²) in [6.07, 6.45) is 1.58. The Hall–Kier alpha value is -3.30. The summed E-state index contributed by atoms with van der Waals surface area (Å²) in [5.41, 5.74) is 1.85. The number of nitriles is 1. The molecule has 29 heavy (non-hydrogen) atoms. The van der Waals surface area contributed by atoms with Gasteiger partial charge in [0, 0.05) is 13.1 Å². The maximum atomic E-state index is 12.6. The molecular formula is C23H24N2O4. The number of morpholine rings is 1. The van der Waals surface area contributed by atoms with Crippen molar-refractivity contribution in [3.05, 3.63) is 65.2 Å². The standard InChI is InChI=1S/C23H24N2O4/c1-2-28-22-15-19(8-9-21(22)29-17-18-6-4-3-5-7-18)14-20(16-24)23(26)25-10-12-27-13-11-25/h3-9,14-15H,2,10-13,17H2,1H3/b20-14+. The number of amides is 1. The third-order valence-corrected chi connectivity index (χ3v) is 4.46. The van der Waals surface area contributed by atoms with E-state index in [1.54, 1.807) is 23.1 Å². The summed E-state index contributed by atoms with van der Waals surface area (Å²) in [5.74, 6) is 0.914. The van der Waals surface area contributed by atoms with Crippen molar-refractivity contribution in [1.29, 1.82) is 5.26 Å². The van der Waals surface area contributed by atoms with Gasteiger partial charge in [0.1, 0.15) is 18.2 Å². The van der Waals surface area contributed by atoms with Gasteiger partial charge < -0.3 is 19.1 Å². The first-order valence-corrected chi connectivity index (χ1v) is 9.63. The lowest BCUT2D eigenvalue weighted by Crippen LogP contribution is -2.41. The van der Waals surface area contributed by atoms with E-state index < -0.39 is 0 Å². The molecule has 1 aliphatic rings. The van der Waals surface area contributed by atoms with Crippen LogP contribution in [0.5, 0.6) is 11.5 Å². The van der Waals surface area contributed by atoms with Crippen LogP contribution in [-0.2, 0) is 16.1 Å². The Balaban J connectivity index is 1.78. The average Bonchev–Trinajstić information content (AvgIpc) is 2.78. The van der Waals surface area contributed by atoms with E-state index in [1.807, 2.05) is 49.4 Å². The number of ether oxygens (including phenoxy) is 3. The highest BCUT2D eigenvalue weighted by Crippen LogP contribution is 2.30. The van der Waals surface area contributed by atoms with Crippen molar-refractivity contribution in [3.63, 3.8) is 0 Å². The summed E-state index contributed by atoms with van der Waals surface area (Å²) in [7, 11) is 0. The monoisotopic (exact) mass is 392 g/mol. The first-order valence-electron chi connectivity index (χ1n) is 9.63. The van der Waals surface area contributed by atoms with Gasteiger partial charge in [0.25, 0.3) is 5.91 Å². The van der Waals surface area contributed by atoms with Gasteiger partial charge in [-0.3, -0.25) is 4.79 Å². The number of hydrogen-bond donors (Lipinski definition) is 0. The van der Waals surface area contributed by atoms with Crippen LogP contribution in [0.15, 0.2) is 54.1 Å². The molecule has 1 aliphatic heterocycles. The second kappa shape index (κ2) is 10.3. The number of nitrogens with zero attached hydrogens (tertiary/aromatic N) is 2. The van der Waals surface area contributed by atoms with Gasteiger partial charge in [0.15, 0.2) is 11.5 Å². The smallest absolute Gasteiger partial charge is 0.264 e. The van der Waals surface area contributed by atoms with Crippen LogP contribution < -0.4 is 9.47 Å². The predicted octanol–water partition coefficient (Wildman–Crippen LogP) is 3.43. The molecule has 1 fully saturated rings. The van der Waals surface area contributed by atoms with Gasteiger partial charge in [-0.15, -0.1) is 0 Å². The molecule has 6 nitrogen and oxygen atoms in total. The number of hydrogen-bond acceptors (Lipinski definition) is 5. The summed E-state index contributed by atoms with van der Waals surface area (Å²) in [4.78, 5) is 14.2. The molecule has 2 aromatic carbocycles. The van der Waals surface area contributed by atoms with E-state index in [-0.39, 0.29) is 11.5 Å². The van der Waals surface area contributed by atoms with E-state index >= 15 is 0 Å². The van der Waals surface area contributed by atoms with Gasteiger partial charge in [0.05, 0.1) is 19.8 Å². The van der Waals surface area contributed by atoms with E-state index in [2.05, 4.69) is 0 Å². The van der Waals surface area contributed by atoms with Crippen molar-refractivity contribution in [2.45, 2.75) is 13.5 Å². The number of rotatable bonds is 7. The van der Waals surface area contributed by atoms with Crippen LogP contribution in [0.4, 0.5) is 0 Å². The highest BCUT2D eigenvalue weighted by atomic mass is 16.5. The lowest BCUT2D eigenvalue weighted by atomic mass is 10.1. The molecule has 0 aromatic heterocycles. The predicted molar refractivity (Wildman–Crippen MR) is 109 cm³/mol. The Labute approximate surface area is 170 Å². The van der Waals surface area contributed by atoms with Crippen LogP contribution >= 0.6 is 0 Å². The van der Waals surface area contributed by atoms with Crippen LogP contribution in [0, 0.1) is 11.3 Å². The minimum Gasteiger partial charge on any atom is -0.490 e. The van der Waals surface area contributed by atoms with Gasteiger partial charge >= 0.3 is 0 Å². The van der Waals surface area contributed by atoms with Crippen LogP contribution in [-0.4, -0.2) is 43.7 Å². The molecule has 150 valence electrons. The van der Waals surface area contributed by atoms with Crippen molar-refractivity contribution in [1.82, 2.24) is 4.90 Å². The molecule has 0 saturated carbocycles. The topological polar surface area (TPSA) is 71.8 Å². The van der Waals surface area contributed by atoms with Gasteiger partial charge in [-0.25, -0.2) is 0 Å². The lowest BCUT2D eigenvalue weighted by Gasteiger charge is -2.26. The number of carbonyl (C=O) groups excluding carboxylic acids is 1. The molecule has 2 aromatic rings. The van der Waals surface area contributed by atoms with Crippen molar-refractivity contribution in [2.75, 3.05) is 32.9 Å². The average molecular weight is 392 g/mol. The first-order chi connectivity index (χ1) is 14.2. The Morgan fingerprint density at radius 3 is 2.59 bits per heavy atom. The van der Waals surface area contributed by atoms with E-state index in [4.69, 9.17) is 14.2 Å². The summed E-state index contributed by atoms with van der Waals surface area (Å²) >= 11 is 0. The normalized spacial score (nSPS) is 14.2. The number of carbonyl (C=O) groups is 1. The van der Waals surface area contributed by atoms with Gasteiger partial charge in [-0.2, -0.15) is 5.26 Å².